The maximum Gasteiger partial charge on any atom is 0.337 e. The minimum Gasteiger partial charge on any atom is -0.465 e. The summed E-state index contributed by atoms with van der Waals surface area (Å²) < 4.78 is 10.3. The molecule has 0 aliphatic carbocycles. The monoisotopic (exact) mass is 329 g/mol. The van der Waals surface area contributed by atoms with Gasteiger partial charge >= 0.3 is 5.97 Å². The first-order chi connectivity index (χ1) is 11.5. The van der Waals surface area contributed by atoms with Crippen LogP contribution in [0.1, 0.15) is 10.4 Å². The van der Waals surface area contributed by atoms with Crippen molar-refractivity contribution in [1.82, 2.24) is 0 Å². The van der Waals surface area contributed by atoms with E-state index in [2.05, 4.69) is 4.74 Å². The number of aliphatic hydroxyl groups is 1. The minimum atomic E-state index is -1.11. The molecule has 7 nitrogen and oxygen atoms in total. The molecule has 2 bridgehead atoms. The highest BCUT2D eigenvalue weighted by molar-refractivity contribution is 6.23. The molecule has 1 aromatic carbocycles. The summed E-state index contributed by atoms with van der Waals surface area (Å²) in [5.41, 5.74) is -0.389. The van der Waals surface area contributed by atoms with Gasteiger partial charge in [-0.15, -0.1) is 0 Å². The van der Waals surface area contributed by atoms with E-state index in [1.165, 1.54) is 31.4 Å². The van der Waals surface area contributed by atoms with Gasteiger partial charge in [-0.1, -0.05) is 12.2 Å². The summed E-state index contributed by atoms with van der Waals surface area (Å²) >= 11 is 0. The lowest BCUT2D eigenvalue weighted by atomic mass is 9.77. The van der Waals surface area contributed by atoms with Crippen molar-refractivity contribution in [3.63, 3.8) is 0 Å². The van der Waals surface area contributed by atoms with Crippen molar-refractivity contribution in [2.24, 2.45) is 11.8 Å². The van der Waals surface area contributed by atoms with Crippen molar-refractivity contribution in [2.45, 2.75) is 11.7 Å². The smallest absolute Gasteiger partial charge is 0.337 e. The Morgan fingerprint density at radius 1 is 1.29 bits per heavy atom. The molecule has 24 heavy (non-hydrogen) atoms. The second-order valence-corrected chi connectivity index (χ2v) is 6.11. The van der Waals surface area contributed by atoms with Gasteiger partial charge in [0.15, 0.2) is 0 Å². The molecule has 3 aliphatic rings. The van der Waals surface area contributed by atoms with Crippen LogP contribution in [0.3, 0.4) is 0 Å². The Labute approximate surface area is 137 Å². The lowest BCUT2D eigenvalue weighted by Gasteiger charge is -2.26. The van der Waals surface area contributed by atoms with Gasteiger partial charge in [0.25, 0.3) is 0 Å². The first-order valence-corrected chi connectivity index (χ1v) is 7.56. The van der Waals surface area contributed by atoms with E-state index < -0.39 is 35.4 Å². The Hall–Kier alpha value is -2.51. The molecule has 3 heterocycles. The Bertz CT molecular complexity index is 770. The third-order valence-corrected chi connectivity index (χ3v) is 4.95. The van der Waals surface area contributed by atoms with Crippen LogP contribution in [0.5, 0.6) is 0 Å². The molecule has 0 saturated carbocycles. The zero-order valence-electron chi connectivity index (χ0n) is 12.8. The molecule has 0 aromatic heterocycles. The number of carbonyl (C=O) groups excluding carboxylic acids is 3. The molecule has 0 radical (unpaired) electrons. The molecule has 4 atom stereocenters. The van der Waals surface area contributed by atoms with E-state index >= 15 is 0 Å². The number of esters is 1. The van der Waals surface area contributed by atoms with Crippen molar-refractivity contribution in [3.05, 3.63) is 42.0 Å². The van der Waals surface area contributed by atoms with E-state index in [4.69, 9.17) is 4.74 Å². The van der Waals surface area contributed by atoms with Crippen LogP contribution in [0.2, 0.25) is 0 Å². The average molecular weight is 329 g/mol. The number of benzene rings is 1. The van der Waals surface area contributed by atoms with E-state index in [1.807, 2.05) is 0 Å². The maximum atomic E-state index is 12.8. The van der Waals surface area contributed by atoms with Crippen molar-refractivity contribution >= 4 is 23.5 Å². The third-order valence-electron chi connectivity index (χ3n) is 4.95. The topological polar surface area (TPSA) is 93.1 Å². The molecule has 2 amide bonds. The standard InChI is InChI=1S/C17H15NO6/c1-23-16(22)9-2-4-10(5-3-9)18-14(20)12-11-6-7-17(8-19,24-11)13(12)15(18)21/h2-7,11-13,19H,8H2,1H3/t11-,12+,13-,17-/m0/s1. The SMILES string of the molecule is COC(=O)c1ccc(N2C(=O)[C@@H]3[C@@H]4C=C[C@@](CO)(O4)[C@@H]3C2=O)cc1. The van der Waals surface area contributed by atoms with E-state index in [1.54, 1.807) is 12.2 Å². The predicted octanol–water partition coefficient (Wildman–Crippen LogP) is 0.278. The van der Waals surface area contributed by atoms with Gasteiger partial charge in [0.05, 0.1) is 42.9 Å². The zero-order chi connectivity index (χ0) is 17.1. The zero-order valence-corrected chi connectivity index (χ0v) is 12.8. The molecule has 2 fully saturated rings. The normalized spacial score (nSPS) is 33.2. The molecular weight excluding hydrogens is 314 g/mol. The quantitative estimate of drug-likeness (QED) is 0.486. The number of rotatable bonds is 3. The van der Waals surface area contributed by atoms with E-state index in [-0.39, 0.29) is 12.5 Å². The predicted molar refractivity (Wildman–Crippen MR) is 81.1 cm³/mol. The van der Waals surface area contributed by atoms with Crippen molar-refractivity contribution < 1.29 is 29.0 Å². The van der Waals surface area contributed by atoms with Crippen LogP contribution in [-0.4, -0.2) is 48.3 Å². The summed E-state index contributed by atoms with van der Waals surface area (Å²) in [6.45, 7) is -0.352. The minimum absolute atomic E-state index is 0.331. The summed E-state index contributed by atoms with van der Waals surface area (Å²) in [5.74, 6) is -2.56. The van der Waals surface area contributed by atoms with Gasteiger partial charge in [0.1, 0.15) is 5.60 Å². The van der Waals surface area contributed by atoms with Crippen LogP contribution in [0.15, 0.2) is 36.4 Å². The molecule has 0 spiro atoms. The molecule has 124 valence electrons. The molecule has 1 N–H and O–H groups in total. The van der Waals surface area contributed by atoms with Gasteiger partial charge in [0, 0.05) is 0 Å². The third kappa shape index (κ3) is 1.76. The Kier molecular flexibility index (Phi) is 3.13. The van der Waals surface area contributed by atoms with Gasteiger partial charge in [-0.3, -0.25) is 9.59 Å². The fraction of sp³-hybridized carbons (Fsp3) is 0.353. The number of nitrogens with zero attached hydrogens (tertiary/aromatic N) is 1. The second kappa shape index (κ2) is 4.99. The highest BCUT2D eigenvalue weighted by Gasteiger charge is 2.67. The number of fused-ring (bicyclic) bond motifs is 5. The number of amides is 2. The largest absolute Gasteiger partial charge is 0.465 e. The summed E-state index contributed by atoms with van der Waals surface area (Å²) in [5, 5.41) is 9.67. The van der Waals surface area contributed by atoms with Crippen LogP contribution in [0.25, 0.3) is 0 Å². The lowest BCUT2D eigenvalue weighted by molar-refractivity contribution is -0.128. The van der Waals surface area contributed by atoms with Gasteiger partial charge in [0.2, 0.25) is 11.8 Å². The fourth-order valence-electron chi connectivity index (χ4n) is 3.80. The van der Waals surface area contributed by atoms with Gasteiger partial charge in [-0.05, 0) is 24.3 Å². The highest BCUT2D eigenvalue weighted by Crippen LogP contribution is 2.52. The highest BCUT2D eigenvalue weighted by atomic mass is 16.5. The van der Waals surface area contributed by atoms with Crippen LogP contribution >= 0.6 is 0 Å². The number of ether oxygens (including phenoxy) is 2. The van der Waals surface area contributed by atoms with Crippen LogP contribution in [0.4, 0.5) is 5.69 Å². The van der Waals surface area contributed by atoms with Crippen LogP contribution in [0, 0.1) is 11.8 Å². The van der Waals surface area contributed by atoms with Crippen molar-refractivity contribution in [3.8, 4) is 0 Å². The average Bonchev–Trinajstić information content (AvgIpc) is 3.25. The molecular formula is C17H15NO6. The van der Waals surface area contributed by atoms with Gasteiger partial charge < -0.3 is 14.6 Å². The maximum absolute atomic E-state index is 12.8. The fourth-order valence-corrected chi connectivity index (χ4v) is 3.80. The summed E-state index contributed by atoms with van der Waals surface area (Å²) in [4.78, 5) is 38.2. The molecule has 4 rings (SSSR count). The van der Waals surface area contributed by atoms with Crippen LogP contribution in [-0.2, 0) is 19.1 Å². The lowest BCUT2D eigenvalue weighted by Crippen LogP contribution is -2.43. The second-order valence-electron chi connectivity index (χ2n) is 6.11. The summed E-state index contributed by atoms with van der Waals surface area (Å²) in [7, 11) is 1.28. The van der Waals surface area contributed by atoms with Gasteiger partial charge in [-0.2, -0.15) is 0 Å². The Morgan fingerprint density at radius 2 is 2.00 bits per heavy atom. The number of aliphatic hydroxyl groups excluding tert-OH is 1. The Morgan fingerprint density at radius 3 is 2.62 bits per heavy atom. The number of carbonyl (C=O) groups is 3. The van der Waals surface area contributed by atoms with Gasteiger partial charge in [-0.25, -0.2) is 9.69 Å². The summed E-state index contributed by atoms with van der Waals surface area (Å²) in [6, 6.07) is 6.07. The van der Waals surface area contributed by atoms with Crippen molar-refractivity contribution in [2.75, 3.05) is 18.6 Å². The number of hydrogen-bond acceptors (Lipinski definition) is 6. The molecule has 3 aliphatic heterocycles. The molecule has 1 aromatic rings. The summed E-state index contributed by atoms with van der Waals surface area (Å²) in [6.07, 6.45) is 2.92. The number of methoxy groups -OCH3 is 1. The number of anilines is 1. The molecule has 2 saturated heterocycles. The molecule has 7 heteroatoms. The first-order valence-electron chi connectivity index (χ1n) is 7.56. The van der Waals surface area contributed by atoms with Crippen molar-refractivity contribution in [1.29, 1.82) is 0 Å². The van der Waals surface area contributed by atoms with E-state index in [9.17, 15) is 19.5 Å². The van der Waals surface area contributed by atoms with Crippen LogP contribution < -0.4 is 4.90 Å². The van der Waals surface area contributed by atoms with E-state index in [0.717, 1.165) is 4.90 Å². The van der Waals surface area contributed by atoms with E-state index in [0.29, 0.717) is 11.3 Å². The first kappa shape index (κ1) is 15.0. The number of hydrogen-bond donors (Lipinski definition) is 1. The Balaban J connectivity index is 1.68. The molecule has 0 unspecified atom stereocenters. The number of imide groups is 1.